The van der Waals surface area contributed by atoms with E-state index in [4.69, 9.17) is 0 Å². The Morgan fingerprint density at radius 3 is 2.45 bits per heavy atom. The lowest BCUT2D eigenvalue weighted by Gasteiger charge is -2.33. The zero-order valence-corrected chi connectivity index (χ0v) is 21.2. The Kier molecular flexibility index (Phi) is 6.94. The second-order valence-corrected chi connectivity index (χ2v) is 10.9. The number of para-hydroxylation sites is 1. The number of hydrogen-bond donors (Lipinski definition) is 0. The summed E-state index contributed by atoms with van der Waals surface area (Å²) in [6.45, 7) is 11.7. The van der Waals surface area contributed by atoms with Gasteiger partial charge in [-0.05, 0) is 55.7 Å². The fourth-order valence-corrected chi connectivity index (χ4v) is 5.21. The smallest absolute Gasteiger partial charge is 0.233 e. The molecule has 1 fully saturated rings. The molecule has 0 aliphatic carbocycles. The normalized spacial score (nSPS) is 16.8. The molecule has 0 saturated carbocycles. The standard InChI is InChI=1S/C27H34N4OS/c1-19-10-6-7-12-23(19)31-25(21-13-15-22(16-14-21)27(3,4)5)28-29-26(31)33-18-24(32)30-17-9-8-11-20(30)2/h6-7,10,12-16,20H,8-9,11,17-18H2,1-5H3. The minimum Gasteiger partial charge on any atom is -0.339 e. The highest BCUT2D eigenvalue weighted by Gasteiger charge is 2.25. The van der Waals surface area contributed by atoms with Crippen LogP contribution in [0.1, 0.15) is 58.1 Å². The van der Waals surface area contributed by atoms with Gasteiger partial charge in [0.05, 0.1) is 11.4 Å². The molecule has 1 atom stereocenters. The first-order valence-electron chi connectivity index (χ1n) is 11.8. The molecule has 3 aromatic rings. The van der Waals surface area contributed by atoms with E-state index in [1.807, 2.05) is 17.0 Å². The van der Waals surface area contributed by atoms with E-state index in [1.54, 1.807) is 0 Å². The summed E-state index contributed by atoms with van der Waals surface area (Å²) >= 11 is 1.48. The second-order valence-electron chi connectivity index (χ2n) is 9.98. The van der Waals surface area contributed by atoms with Crippen molar-refractivity contribution in [2.75, 3.05) is 12.3 Å². The number of carbonyl (C=O) groups excluding carboxylic acids is 1. The molecular weight excluding hydrogens is 428 g/mol. The van der Waals surface area contributed by atoms with Gasteiger partial charge in [-0.3, -0.25) is 9.36 Å². The van der Waals surface area contributed by atoms with Crippen molar-refractivity contribution in [3.8, 4) is 17.1 Å². The number of hydrogen-bond acceptors (Lipinski definition) is 4. The Labute approximate surface area is 201 Å². The van der Waals surface area contributed by atoms with E-state index in [9.17, 15) is 4.79 Å². The van der Waals surface area contributed by atoms with E-state index in [0.29, 0.717) is 11.8 Å². The topological polar surface area (TPSA) is 51.0 Å². The molecule has 6 heteroatoms. The molecule has 0 N–H and O–H groups in total. The lowest BCUT2D eigenvalue weighted by Crippen LogP contribution is -2.42. The number of rotatable bonds is 5. The van der Waals surface area contributed by atoms with Gasteiger partial charge in [0.1, 0.15) is 0 Å². The molecule has 2 heterocycles. The van der Waals surface area contributed by atoms with E-state index >= 15 is 0 Å². The highest BCUT2D eigenvalue weighted by molar-refractivity contribution is 7.99. The predicted molar refractivity (Wildman–Crippen MR) is 136 cm³/mol. The number of carbonyl (C=O) groups is 1. The minimum atomic E-state index is 0.0924. The van der Waals surface area contributed by atoms with Crippen LogP contribution in [0, 0.1) is 6.92 Å². The quantitative estimate of drug-likeness (QED) is 0.434. The fourth-order valence-electron chi connectivity index (χ4n) is 4.38. The van der Waals surface area contributed by atoms with Crippen molar-refractivity contribution < 1.29 is 4.79 Å². The number of aryl methyl sites for hydroxylation is 1. The summed E-state index contributed by atoms with van der Waals surface area (Å²) < 4.78 is 2.10. The molecule has 0 spiro atoms. The van der Waals surface area contributed by atoms with Crippen LogP contribution in [-0.4, -0.2) is 43.9 Å². The van der Waals surface area contributed by atoms with Gasteiger partial charge >= 0.3 is 0 Å². The highest BCUT2D eigenvalue weighted by Crippen LogP contribution is 2.31. The molecule has 5 nitrogen and oxygen atoms in total. The molecular formula is C27H34N4OS. The minimum absolute atomic E-state index is 0.0924. The first-order valence-corrected chi connectivity index (χ1v) is 12.8. The maximum atomic E-state index is 13.0. The third-order valence-corrected chi connectivity index (χ3v) is 7.36. The maximum Gasteiger partial charge on any atom is 0.233 e. The van der Waals surface area contributed by atoms with Gasteiger partial charge in [0.15, 0.2) is 11.0 Å². The van der Waals surface area contributed by atoms with Crippen LogP contribution in [0.4, 0.5) is 0 Å². The number of piperidine rings is 1. The van der Waals surface area contributed by atoms with Gasteiger partial charge in [0.25, 0.3) is 0 Å². The third-order valence-electron chi connectivity index (χ3n) is 6.45. The Hall–Kier alpha value is -2.60. The number of likely N-dealkylation sites (tertiary alicyclic amines) is 1. The van der Waals surface area contributed by atoms with Gasteiger partial charge in [0, 0.05) is 18.2 Å². The third kappa shape index (κ3) is 5.16. The number of aromatic nitrogens is 3. The Bertz CT molecular complexity index is 1110. The summed E-state index contributed by atoms with van der Waals surface area (Å²) in [4.78, 5) is 15.0. The predicted octanol–water partition coefficient (Wildman–Crippen LogP) is 6.03. The van der Waals surface area contributed by atoms with Crippen molar-refractivity contribution in [3.63, 3.8) is 0 Å². The Balaban J connectivity index is 1.66. The average Bonchev–Trinajstić information content (AvgIpc) is 3.21. The van der Waals surface area contributed by atoms with Crippen LogP contribution in [0.2, 0.25) is 0 Å². The molecule has 1 aliphatic rings. The summed E-state index contributed by atoms with van der Waals surface area (Å²) in [7, 11) is 0. The van der Waals surface area contributed by atoms with Crippen LogP contribution >= 0.6 is 11.8 Å². The second kappa shape index (κ2) is 9.72. The van der Waals surface area contributed by atoms with Crippen LogP contribution in [0.5, 0.6) is 0 Å². The maximum absolute atomic E-state index is 13.0. The molecule has 1 saturated heterocycles. The summed E-state index contributed by atoms with van der Waals surface area (Å²) in [5.74, 6) is 1.35. The van der Waals surface area contributed by atoms with E-state index in [-0.39, 0.29) is 11.3 Å². The number of benzene rings is 2. The number of thioether (sulfide) groups is 1. The van der Waals surface area contributed by atoms with E-state index in [2.05, 4.69) is 85.8 Å². The fraction of sp³-hybridized carbons (Fsp3) is 0.444. The van der Waals surface area contributed by atoms with Gasteiger partial charge in [0.2, 0.25) is 5.91 Å². The van der Waals surface area contributed by atoms with Crippen molar-refractivity contribution in [3.05, 3.63) is 59.7 Å². The monoisotopic (exact) mass is 462 g/mol. The molecule has 33 heavy (non-hydrogen) atoms. The number of amides is 1. The molecule has 1 amide bonds. The lowest BCUT2D eigenvalue weighted by atomic mass is 9.87. The zero-order chi connectivity index (χ0) is 23.6. The van der Waals surface area contributed by atoms with Crippen LogP contribution in [-0.2, 0) is 10.2 Å². The molecule has 2 aromatic carbocycles. The highest BCUT2D eigenvalue weighted by atomic mass is 32.2. The molecule has 0 bridgehead atoms. The van der Waals surface area contributed by atoms with Crippen LogP contribution < -0.4 is 0 Å². The van der Waals surface area contributed by atoms with Gasteiger partial charge in [-0.25, -0.2) is 0 Å². The number of nitrogens with zero attached hydrogens (tertiary/aromatic N) is 4. The van der Waals surface area contributed by atoms with Crippen molar-refractivity contribution in [1.82, 2.24) is 19.7 Å². The van der Waals surface area contributed by atoms with E-state index in [0.717, 1.165) is 47.2 Å². The van der Waals surface area contributed by atoms with Crippen molar-refractivity contribution in [2.45, 2.75) is 70.5 Å². The summed E-state index contributed by atoms with van der Waals surface area (Å²) in [6.07, 6.45) is 3.39. The van der Waals surface area contributed by atoms with Gasteiger partial charge in [-0.2, -0.15) is 0 Å². The van der Waals surface area contributed by atoms with E-state index < -0.39 is 0 Å². The Morgan fingerprint density at radius 1 is 1.06 bits per heavy atom. The molecule has 4 rings (SSSR count). The Morgan fingerprint density at radius 2 is 1.79 bits per heavy atom. The molecule has 0 radical (unpaired) electrons. The lowest BCUT2D eigenvalue weighted by molar-refractivity contribution is -0.131. The van der Waals surface area contributed by atoms with Crippen molar-refractivity contribution in [2.24, 2.45) is 0 Å². The van der Waals surface area contributed by atoms with Gasteiger partial charge < -0.3 is 4.90 Å². The first kappa shape index (κ1) is 23.6. The van der Waals surface area contributed by atoms with Gasteiger partial charge in [-0.1, -0.05) is 75.0 Å². The van der Waals surface area contributed by atoms with E-state index in [1.165, 1.54) is 23.7 Å². The van der Waals surface area contributed by atoms with Crippen molar-refractivity contribution >= 4 is 17.7 Å². The van der Waals surface area contributed by atoms with Crippen LogP contribution in [0.3, 0.4) is 0 Å². The molecule has 1 aromatic heterocycles. The average molecular weight is 463 g/mol. The van der Waals surface area contributed by atoms with Gasteiger partial charge in [-0.15, -0.1) is 10.2 Å². The molecule has 1 unspecified atom stereocenters. The summed E-state index contributed by atoms with van der Waals surface area (Å²) in [5, 5.41) is 9.84. The first-order chi connectivity index (χ1) is 15.8. The zero-order valence-electron chi connectivity index (χ0n) is 20.3. The van der Waals surface area contributed by atoms with Crippen LogP contribution in [0.15, 0.2) is 53.7 Å². The van der Waals surface area contributed by atoms with Crippen molar-refractivity contribution in [1.29, 1.82) is 0 Å². The summed E-state index contributed by atoms with van der Waals surface area (Å²) in [6, 6.07) is 17.1. The SMILES string of the molecule is Cc1ccccc1-n1c(SCC(=O)N2CCCCC2C)nnc1-c1ccc(C(C)(C)C)cc1. The molecule has 1 aliphatic heterocycles. The molecule has 174 valence electrons. The largest absolute Gasteiger partial charge is 0.339 e. The van der Waals surface area contributed by atoms with Crippen LogP contribution in [0.25, 0.3) is 17.1 Å². The summed E-state index contributed by atoms with van der Waals surface area (Å²) in [5.41, 5.74) is 4.57.